The van der Waals surface area contributed by atoms with E-state index in [0.29, 0.717) is 17.6 Å². The van der Waals surface area contributed by atoms with Crippen molar-refractivity contribution in [3.8, 4) is 0 Å². The molecule has 1 aromatic carbocycles. The highest BCUT2D eigenvalue weighted by Crippen LogP contribution is 2.65. The Balaban J connectivity index is 1.99. The first kappa shape index (κ1) is 8.22. The van der Waals surface area contributed by atoms with Crippen LogP contribution in [0.15, 0.2) is 30.3 Å². The number of carbonyl (C=O) groups excluding carboxylic acids is 1. The molecule has 0 spiro atoms. The zero-order valence-electron chi connectivity index (χ0n) is 8.36. The zero-order valence-corrected chi connectivity index (χ0v) is 8.36. The Morgan fingerprint density at radius 2 is 2.00 bits per heavy atom. The van der Waals surface area contributed by atoms with Gasteiger partial charge in [0, 0.05) is 17.8 Å². The molecule has 0 amide bonds. The second kappa shape index (κ2) is 2.47. The smallest absolute Gasteiger partial charge is 0.136 e. The molecule has 0 bridgehead atoms. The molecule has 0 radical (unpaired) electrons. The van der Waals surface area contributed by atoms with Crippen molar-refractivity contribution in [1.82, 2.24) is 0 Å². The molecule has 1 aromatic rings. The Kier molecular flexibility index (Phi) is 1.45. The van der Waals surface area contributed by atoms with Gasteiger partial charge in [-0.3, -0.25) is 4.79 Å². The summed E-state index contributed by atoms with van der Waals surface area (Å²) in [6.45, 7) is 2.09. The molecule has 2 saturated carbocycles. The molecule has 2 aliphatic carbocycles. The topological polar surface area (TPSA) is 17.1 Å². The fourth-order valence-corrected chi connectivity index (χ4v) is 3.09. The molecule has 1 nitrogen and oxygen atoms in total. The van der Waals surface area contributed by atoms with Crippen LogP contribution in [0.2, 0.25) is 0 Å². The second-order valence-electron chi connectivity index (χ2n) is 4.76. The molecular weight excluding hydrogens is 172 g/mol. The Morgan fingerprint density at radius 1 is 1.29 bits per heavy atom. The lowest BCUT2D eigenvalue weighted by Crippen LogP contribution is -2.08. The van der Waals surface area contributed by atoms with Gasteiger partial charge in [-0.25, -0.2) is 0 Å². The number of rotatable bonds is 1. The highest BCUT2D eigenvalue weighted by molar-refractivity contribution is 5.87. The van der Waals surface area contributed by atoms with Gasteiger partial charge in [-0.15, -0.1) is 0 Å². The predicted octanol–water partition coefficient (Wildman–Crippen LogP) is 2.55. The summed E-state index contributed by atoms with van der Waals surface area (Å²) in [5.41, 5.74) is 1.63. The summed E-state index contributed by atoms with van der Waals surface area (Å²) in [5, 5.41) is 0. The summed E-state index contributed by atoms with van der Waals surface area (Å²) in [6, 6.07) is 10.5. The summed E-state index contributed by atoms with van der Waals surface area (Å²) in [6.07, 6.45) is 2.01. The number of ketones is 1. The van der Waals surface area contributed by atoms with Crippen LogP contribution in [0.1, 0.15) is 25.3 Å². The molecule has 0 unspecified atom stereocenters. The summed E-state index contributed by atoms with van der Waals surface area (Å²) >= 11 is 0. The van der Waals surface area contributed by atoms with E-state index in [1.165, 1.54) is 12.0 Å². The first-order valence-electron chi connectivity index (χ1n) is 5.32. The summed E-state index contributed by atoms with van der Waals surface area (Å²) in [5.74, 6) is 1.40. The van der Waals surface area contributed by atoms with Crippen LogP contribution in [0.4, 0.5) is 0 Å². The normalized spacial score (nSPS) is 39.6. The van der Waals surface area contributed by atoms with Crippen LogP contribution in [0.25, 0.3) is 0 Å². The molecule has 0 aliphatic heterocycles. The molecule has 0 saturated heterocycles. The number of hydrogen-bond donors (Lipinski definition) is 0. The van der Waals surface area contributed by atoms with Gasteiger partial charge in [0.25, 0.3) is 0 Å². The molecule has 14 heavy (non-hydrogen) atoms. The number of Topliss-reactive ketones (excluding diaryl/α,β-unsaturated/α-hetero) is 1. The van der Waals surface area contributed by atoms with E-state index in [9.17, 15) is 4.79 Å². The van der Waals surface area contributed by atoms with Gasteiger partial charge in [-0.05, 0) is 17.9 Å². The van der Waals surface area contributed by atoms with E-state index in [4.69, 9.17) is 0 Å². The molecule has 72 valence electrons. The van der Waals surface area contributed by atoms with Crippen LogP contribution in [0.5, 0.6) is 0 Å². The van der Waals surface area contributed by atoms with E-state index in [1.807, 2.05) is 6.07 Å². The van der Waals surface area contributed by atoms with Crippen LogP contribution in [0.3, 0.4) is 0 Å². The lowest BCUT2D eigenvalue weighted by Gasteiger charge is -2.10. The summed E-state index contributed by atoms with van der Waals surface area (Å²) < 4.78 is 0. The van der Waals surface area contributed by atoms with Crippen LogP contribution in [-0.2, 0) is 10.2 Å². The fraction of sp³-hybridized carbons (Fsp3) is 0.462. The van der Waals surface area contributed by atoms with Gasteiger partial charge in [0.05, 0.1) is 0 Å². The summed E-state index contributed by atoms with van der Waals surface area (Å²) in [7, 11) is 0. The van der Waals surface area contributed by atoms with E-state index in [2.05, 4.69) is 31.2 Å². The quantitative estimate of drug-likeness (QED) is 0.658. The van der Waals surface area contributed by atoms with Gasteiger partial charge in [0.15, 0.2) is 0 Å². The number of hydrogen-bond acceptors (Lipinski definition) is 1. The van der Waals surface area contributed by atoms with Crippen LogP contribution < -0.4 is 0 Å². The van der Waals surface area contributed by atoms with Crippen molar-refractivity contribution in [3.63, 3.8) is 0 Å². The first-order chi connectivity index (χ1) is 6.74. The third kappa shape index (κ3) is 0.875. The molecule has 0 aromatic heterocycles. The van der Waals surface area contributed by atoms with E-state index < -0.39 is 0 Å². The van der Waals surface area contributed by atoms with Crippen molar-refractivity contribution >= 4 is 5.78 Å². The molecule has 3 atom stereocenters. The molecule has 0 heterocycles. The molecule has 1 heteroatoms. The molecular formula is C13H14O. The van der Waals surface area contributed by atoms with Crippen molar-refractivity contribution in [2.75, 3.05) is 0 Å². The lowest BCUT2D eigenvalue weighted by atomic mass is 9.93. The lowest BCUT2D eigenvalue weighted by molar-refractivity contribution is -0.121. The van der Waals surface area contributed by atoms with Crippen LogP contribution in [-0.4, -0.2) is 5.78 Å². The standard InChI is InChI=1S/C13H14O/c1-9-11-7-13(11,8-12(9)14)10-5-3-2-4-6-10/h2-6,9,11H,7-8H2,1H3/t9-,11+,13-/m0/s1. The van der Waals surface area contributed by atoms with Gasteiger partial charge in [-0.2, -0.15) is 0 Å². The number of fused-ring (bicyclic) bond motifs is 1. The van der Waals surface area contributed by atoms with Crippen molar-refractivity contribution in [3.05, 3.63) is 35.9 Å². The third-order valence-electron chi connectivity index (χ3n) is 4.08. The van der Waals surface area contributed by atoms with Crippen molar-refractivity contribution in [2.45, 2.75) is 25.2 Å². The van der Waals surface area contributed by atoms with Crippen molar-refractivity contribution in [2.24, 2.45) is 11.8 Å². The minimum Gasteiger partial charge on any atom is -0.299 e. The third-order valence-corrected chi connectivity index (χ3v) is 4.08. The monoisotopic (exact) mass is 186 g/mol. The molecule has 2 fully saturated rings. The zero-order chi connectivity index (χ0) is 9.76. The van der Waals surface area contributed by atoms with E-state index in [0.717, 1.165) is 6.42 Å². The van der Waals surface area contributed by atoms with Crippen LogP contribution >= 0.6 is 0 Å². The second-order valence-corrected chi connectivity index (χ2v) is 4.76. The van der Waals surface area contributed by atoms with Crippen molar-refractivity contribution in [1.29, 1.82) is 0 Å². The van der Waals surface area contributed by atoms with E-state index in [-0.39, 0.29) is 5.41 Å². The number of carbonyl (C=O) groups is 1. The van der Waals surface area contributed by atoms with Crippen LogP contribution in [0, 0.1) is 11.8 Å². The largest absolute Gasteiger partial charge is 0.299 e. The Morgan fingerprint density at radius 3 is 2.57 bits per heavy atom. The fourth-order valence-electron chi connectivity index (χ4n) is 3.09. The van der Waals surface area contributed by atoms with Gasteiger partial charge >= 0.3 is 0 Å². The average Bonchev–Trinajstić information content (AvgIpc) is 2.88. The minimum absolute atomic E-state index is 0.248. The van der Waals surface area contributed by atoms with E-state index in [1.54, 1.807) is 0 Å². The van der Waals surface area contributed by atoms with E-state index >= 15 is 0 Å². The van der Waals surface area contributed by atoms with Gasteiger partial charge in [-0.1, -0.05) is 37.3 Å². The Labute approximate surface area is 84.1 Å². The van der Waals surface area contributed by atoms with Gasteiger partial charge in [0.2, 0.25) is 0 Å². The Hall–Kier alpha value is -1.11. The maximum Gasteiger partial charge on any atom is 0.136 e. The molecule has 2 aliphatic rings. The average molecular weight is 186 g/mol. The SMILES string of the molecule is C[C@@H]1C(=O)C[C@]2(c3ccccc3)C[C@H]12. The van der Waals surface area contributed by atoms with Gasteiger partial charge < -0.3 is 0 Å². The minimum atomic E-state index is 0.248. The van der Waals surface area contributed by atoms with Gasteiger partial charge in [0.1, 0.15) is 5.78 Å². The maximum atomic E-state index is 11.6. The predicted molar refractivity (Wildman–Crippen MR) is 55.0 cm³/mol. The molecule has 0 N–H and O–H groups in total. The highest BCUT2D eigenvalue weighted by Gasteiger charge is 2.64. The first-order valence-corrected chi connectivity index (χ1v) is 5.32. The highest BCUT2D eigenvalue weighted by atomic mass is 16.1. The summed E-state index contributed by atoms with van der Waals surface area (Å²) in [4.78, 5) is 11.6. The van der Waals surface area contributed by atoms with Crippen molar-refractivity contribution < 1.29 is 4.79 Å². The number of benzene rings is 1. The molecule has 3 rings (SSSR count). The maximum absolute atomic E-state index is 11.6. The Bertz CT molecular complexity index is 381.